The lowest BCUT2D eigenvalue weighted by atomic mass is 9.94. The Kier molecular flexibility index (Phi) is 5.57. The van der Waals surface area contributed by atoms with Gasteiger partial charge in [-0.15, -0.1) is 0 Å². The topological polar surface area (TPSA) is 52.7 Å². The van der Waals surface area contributed by atoms with Crippen molar-refractivity contribution in [3.8, 4) is 0 Å². The van der Waals surface area contributed by atoms with Gasteiger partial charge in [-0.1, -0.05) is 12.8 Å². The Hall–Kier alpha value is -1.10. The molecule has 3 rings (SSSR count). The number of hydrogen-bond acceptors (Lipinski definition) is 3. The van der Waals surface area contributed by atoms with E-state index >= 15 is 0 Å². The van der Waals surface area contributed by atoms with E-state index in [-0.39, 0.29) is 17.9 Å². The van der Waals surface area contributed by atoms with E-state index in [1.165, 1.54) is 12.8 Å². The first-order valence-corrected chi connectivity index (χ1v) is 9.48. The summed E-state index contributed by atoms with van der Waals surface area (Å²) in [7, 11) is 0. The fourth-order valence-electron chi connectivity index (χ4n) is 4.29. The predicted octanol–water partition coefficient (Wildman–Crippen LogP) is 1.77. The highest BCUT2D eigenvalue weighted by atomic mass is 16.2. The molecule has 3 aliphatic rings. The first-order valence-electron chi connectivity index (χ1n) is 9.48. The zero-order chi connectivity index (χ0) is 16.2. The molecule has 0 aromatic heterocycles. The summed E-state index contributed by atoms with van der Waals surface area (Å²) >= 11 is 0. The van der Waals surface area contributed by atoms with E-state index in [9.17, 15) is 9.59 Å². The van der Waals surface area contributed by atoms with E-state index in [2.05, 4.69) is 10.2 Å². The number of likely N-dealkylation sites (tertiary alicyclic amines) is 2. The molecule has 1 unspecified atom stereocenters. The number of piperidine rings is 1. The van der Waals surface area contributed by atoms with Crippen molar-refractivity contribution in [3.63, 3.8) is 0 Å². The van der Waals surface area contributed by atoms with Gasteiger partial charge in [0.2, 0.25) is 11.8 Å². The van der Waals surface area contributed by atoms with Gasteiger partial charge in [0, 0.05) is 25.0 Å². The number of nitrogens with one attached hydrogen (secondary N) is 1. The van der Waals surface area contributed by atoms with Crippen LogP contribution in [0.4, 0.5) is 0 Å². The van der Waals surface area contributed by atoms with E-state index in [4.69, 9.17) is 0 Å². The molecule has 5 nitrogen and oxygen atoms in total. The minimum Gasteiger partial charge on any atom is -0.352 e. The Labute approximate surface area is 139 Å². The third kappa shape index (κ3) is 4.06. The Bertz CT molecular complexity index is 420. The molecule has 2 amide bonds. The summed E-state index contributed by atoms with van der Waals surface area (Å²) in [6.07, 6.45) is 8.85. The van der Waals surface area contributed by atoms with Crippen LogP contribution in [0.5, 0.6) is 0 Å². The maximum atomic E-state index is 12.5. The van der Waals surface area contributed by atoms with Crippen LogP contribution < -0.4 is 5.32 Å². The average molecular weight is 321 g/mol. The van der Waals surface area contributed by atoms with Crippen molar-refractivity contribution in [2.24, 2.45) is 5.92 Å². The Morgan fingerprint density at radius 1 is 0.913 bits per heavy atom. The minimum absolute atomic E-state index is 0.0709. The molecule has 23 heavy (non-hydrogen) atoms. The monoisotopic (exact) mass is 321 g/mol. The summed E-state index contributed by atoms with van der Waals surface area (Å²) < 4.78 is 0. The van der Waals surface area contributed by atoms with Gasteiger partial charge in [0.1, 0.15) is 0 Å². The number of rotatable bonds is 4. The van der Waals surface area contributed by atoms with Crippen LogP contribution in [0.15, 0.2) is 0 Å². The summed E-state index contributed by atoms with van der Waals surface area (Å²) in [5.74, 6) is 0.695. The highest BCUT2D eigenvalue weighted by Crippen LogP contribution is 2.24. The van der Waals surface area contributed by atoms with Crippen LogP contribution in [0.2, 0.25) is 0 Å². The van der Waals surface area contributed by atoms with Crippen molar-refractivity contribution in [1.82, 2.24) is 15.1 Å². The van der Waals surface area contributed by atoms with Crippen LogP contribution >= 0.6 is 0 Å². The number of nitrogens with zero attached hydrogens (tertiary/aromatic N) is 2. The minimum atomic E-state index is -0.0709. The molecule has 5 heteroatoms. The first-order chi connectivity index (χ1) is 11.1. The molecular formula is C18H31N3O2. The third-order valence-electron chi connectivity index (χ3n) is 5.93. The summed E-state index contributed by atoms with van der Waals surface area (Å²) in [6.45, 7) is 5.62. The van der Waals surface area contributed by atoms with E-state index in [1.54, 1.807) is 0 Å². The van der Waals surface area contributed by atoms with Crippen molar-refractivity contribution in [2.75, 3.05) is 26.2 Å². The van der Waals surface area contributed by atoms with Crippen LogP contribution in [0.1, 0.15) is 58.3 Å². The second-order valence-electron chi connectivity index (χ2n) is 7.51. The number of amides is 2. The third-order valence-corrected chi connectivity index (χ3v) is 5.93. The molecule has 0 radical (unpaired) electrons. The van der Waals surface area contributed by atoms with Crippen molar-refractivity contribution in [3.05, 3.63) is 0 Å². The molecule has 3 fully saturated rings. The molecule has 1 aliphatic carbocycles. The maximum absolute atomic E-state index is 12.5. The number of carbonyl (C=O) groups excluding carboxylic acids is 2. The molecule has 0 spiro atoms. The van der Waals surface area contributed by atoms with Crippen molar-refractivity contribution >= 4 is 11.8 Å². The van der Waals surface area contributed by atoms with Gasteiger partial charge >= 0.3 is 0 Å². The van der Waals surface area contributed by atoms with E-state index in [0.29, 0.717) is 11.9 Å². The summed E-state index contributed by atoms with van der Waals surface area (Å²) in [5, 5.41) is 3.20. The second kappa shape index (κ2) is 7.65. The van der Waals surface area contributed by atoms with Crippen molar-refractivity contribution < 1.29 is 9.59 Å². The number of hydrogen-bond donors (Lipinski definition) is 1. The molecule has 0 aromatic carbocycles. The summed E-state index contributed by atoms with van der Waals surface area (Å²) in [4.78, 5) is 29.2. The van der Waals surface area contributed by atoms with Crippen LogP contribution in [0.3, 0.4) is 0 Å². The van der Waals surface area contributed by atoms with Gasteiger partial charge in [0.05, 0.1) is 6.04 Å². The normalized spacial score (nSPS) is 25.7. The lowest BCUT2D eigenvalue weighted by Gasteiger charge is -2.36. The van der Waals surface area contributed by atoms with Gasteiger partial charge < -0.3 is 10.2 Å². The van der Waals surface area contributed by atoms with Gasteiger partial charge in [-0.3, -0.25) is 14.5 Å². The maximum Gasteiger partial charge on any atom is 0.237 e. The van der Waals surface area contributed by atoms with Crippen molar-refractivity contribution in [2.45, 2.75) is 70.4 Å². The van der Waals surface area contributed by atoms with Crippen LogP contribution in [0, 0.1) is 5.92 Å². The lowest BCUT2D eigenvalue weighted by Crippen LogP contribution is -2.51. The first kappa shape index (κ1) is 16.7. The molecule has 1 saturated carbocycles. The van der Waals surface area contributed by atoms with Gasteiger partial charge in [0.15, 0.2) is 0 Å². The molecule has 2 saturated heterocycles. The van der Waals surface area contributed by atoms with Crippen LogP contribution in [0.25, 0.3) is 0 Å². The number of carbonyl (C=O) groups is 2. The molecule has 130 valence electrons. The van der Waals surface area contributed by atoms with Gasteiger partial charge in [-0.2, -0.15) is 0 Å². The highest BCUT2D eigenvalue weighted by Gasteiger charge is 2.33. The molecular weight excluding hydrogens is 290 g/mol. The fourth-order valence-corrected chi connectivity index (χ4v) is 4.29. The fraction of sp³-hybridized carbons (Fsp3) is 0.889. The van der Waals surface area contributed by atoms with Crippen LogP contribution in [-0.2, 0) is 9.59 Å². The summed E-state index contributed by atoms with van der Waals surface area (Å²) in [6, 6.07) is 0.317. The molecule has 1 atom stereocenters. The lowest BCUT2D eigenvalue weighted by molar-refractivity contribution is -0.136. The predicted molar refractivity (Wildman–Crippen MR) is 90.0 cm³/mol. The van der Waals surface area contributed by atoms with Crippen LogP contribution in [-0.4, -0.2) is 59.9 Å². The smallest absolute Gasteiger partial charge is 0.237 e. The zero-order valence-electron chi connectivity index (χ0n) is 14.4. The quantitative estimate of drug-likeness (QED) is 0.858. The van der Waals surface area contributed by atoms with Gasteiger partial charge in [-0.05, 0) is 58.5 Å². The van der Waals surface area contributed by atoms with Gasteiger partial charge in [0.25, 0.3) is 0 Å². The average Bonchev–Trinajstić information content (AvgIpc) is 3.27. The zero-order valence-corrected chi connectivity index (χ0v) is 14.4. The molecule has 1 N–H and O–H groups in total. The Morgan fingerprint density at radius 2 is 1.52 bits per heavy atom. The highest BCUT2D eigenvalue weighted by molar-refractivity contribution is 5.82. The Morgan fingerprint density at radius 3 is 2.13 bits per heavy atom. The second-order valence-corrected chi connectivity index (χ2v) is 7.51. The van der Waals surface area contributed by atoms with E-state index < -0.39 is 0 Å². The van der Waals surface area contributed by atoms with Gasteiger partial charge in [-0.25, -0.2) is 0 Å². The standard InChI is InChI=1S/C18H31N3O2/c1-14(17(22)19-16-6-2-3-7-16)20-12-8-15(9-13-20)18(23)21-10-4-5-11-21/h14-16H,2-13H2,1H3,(H,19,22). The SMILES string of the molecule is CC(C(=O)NC1CCCC1)N1CCC(C(=O)N2CCCC2)CC1. The molecule has 0 aromatic rings. The van der Waals surface area contributed by atoms with E-state index in [0.717, 1.165) is 64.7 Å². The largest absolute Gasteiger partial charge is 0.352 e. The van der Waals surface area contributed by atoms with Crippen molar-refractivity contribution in [1.29, 1.82) is 0 Å². The Balaban J connectivity index is 1.44. The summed E-state index contributed by atoms with van der Waals surface area (Å²) in [5.41, 5.74) is 0. The molecule has 2 heterocycles. The molecule has 0 bridgehead atoms. The molecule has 2 aliphatic heterocycles. The van der Waals surface area contributed by atoms with E-state index in [1.807, 2.05) is 11.8 Å².